The van der Waals surface area contributed by atoms with E-state index in [0.29, 0.717) is 13.2 Å². The number of hydrogen-bond donors (Lipinski definition) is 1. The number of aromatic nitrogens is 1. The van der Waals surface area contributed by atoms with Gasteiger partial charge in [0.1, 0.15) is 6.26 Å². The van der Waals surface area contributed by atoms with E-state index in [-0.39, 0.29) is 0 Å². The first-order valence-corrected chi connectivity index (χ1v) is 11.1. The van der Waals surface area contributed by atoms with Crippen molar-refractivity contribution in [2.24, 2.45) is 4.99 Å². The Morgan fingerprint density at radius 1 is 0.938 bits per heavy atom. The van der Waals surface area contributed by atoms with Crippen LogP contribution in [0.3, 0.4) is 0 Å². The Morgan fingerprint density at radius 2 is 1.62 bits per heavy atom. The van der Waals surface area contributed by atoms with Gasteiger partial charge in [-0.1, -0.05) is 59.8 Å². The van der Waals surface area contributed by atoms with Crippen molar-refractivity contribution < 1.29 is 9.26 Å². The van der Waals surface area contributed by atoms with Crippen LogP contribution < -0.4 is 5.32 Å². The summed E-state index contributed by atoms with van der Waals surface area (Å²) in [6.07, 6.45) is 1.63. The lowest BCUT2D eigenvalue weighted by molar-refractivity contribution is 0.107. The van der Waals surface area contributed by atoms with E-state index in [1.54, 1.807) is 6.26 Å². The van der Waals surface area contributed by atoms with Gasteiger partial charge in [-0.15, -0.1) is 0 Å². The molecule has 1 saturated heterocycles. The molecule has 1 aliphatic rings. The van der Waals surface area contributed by atoms with Gasteiger partial charge in [-0.2, -0.15) is 0 Å². The highest BCUT2D eigenvalue weighted by atomic mass is 16.5. The average molecular weight is 434 g/mol. The molecule has 1 fully saturated rings. The standard InChI is InChI=1S/C25H31N5O2/c1-26-25(30-14-12-29(13-15-30)18-24-11-16-32-28-24)27-17-21-7-9-23(10-8-21)20-31-19-22-5-3-2-4-6-22/h2-11,16H,12-15,17-20H2,1H3,(H,26,27). The summed E-state index contributed by atoms with van der Waals surface area (Å²) < 4.78 is 10.8. The van der Waals surface area contributed by atoms with E-state index >= 15 is 0 Å². The Bertz CT molecular complexity index is 950. The van der Waals surface area contributed by atoms with Gasteiger partial charge in [0.15, 0.2) is 5.96 Å². The molecule has 7 nitrogen and oxygen atoms in total. The molecule has 2 heterocycles. The fourth-order valence-corrected chi connectivity index (χ4v) is 3.79. The van der Waals surface area contributed by atoms with Crippen LogP contribution in [0.25, 0.3) is 0 Å². The molecule has 0 radical (unpaired) electrons. The van der Waals surface area contributed by atoms with Crippen molar-refractivity contribution in [1.29, 1.82) is 0 Å². The summed E-state index contributed by atoms with van der Waals surface area (Å²) in [6, 6.07) is 20.7. The van der Waals surface area contributed by atoms with Gasteiger partial charge in [0.05, 0.1) is 18.9 Å². The summed E-state index contributed by atoms with van der Waals surface area (Å²) >= 11 is 0. The molecule has 32 heavy (non-hydrogen) atoms. The smallest absolute Gasteiger partial charge is 0.194 e. The molecule has 3 aromatic rings. The summed E-state index contributed by atoms with van der Waals surface area (Å²) in [4.78, 5) is 9.18. The Balaban J connectivity index is 1.18. The predicted octanol–water partition coefficient (Wildman–Crippen LogP) is 3.28. The maximum atomic E-state index is 5.83. The molecule has 4 rings (SSSR count). The average Bonchev–Trinajstić information content (AvgIpc) is 3.35. The highest BCUT2D eigenvalue weighted by molar-refractivity contribution is 5.80. The third-order valence-electron chi connectivity index (χ3n) is 5.61. The normalized spacial score (nSPS) is 15.2. The summed E-state index contributed by atoms with van der Waals surface area (Å²) in [7, 11) is 1.84. The van der Waals surface area contributed by atoms with Crippen LogP contribution in [-0.2, 0) is 31.0 Å². The largest absolute Gasteiger partial charge is 0.372 e. The molecule has 0 unspecified atom stereocenters. The van der Waals surface area contributed by atoms with Crippen LogP contribution in [-0.4, -0.2) is 54.1 Å². The minimum absolute atomic E-state index is 0.614. The Kier molecular flexibility index (Phi) is 7.89. The molecule has 1 aliphatic heterocycles. The molecule has 0 saturated carbocycles. The predicted molar refractivity (Wildman–Crippen MR) is 125 cm³/mol. The summed E-state index contributed by atoms with van der Waals surface area (Å²) in [5.74, 6) is 0.946. The van der Waals surface area contributed by atoms with Crippen LogP contribution >= 0.6 is 0 Å². The first-order chi connectivity index (χ1) is 15.8. The topological polar surface area (TPSA) is 66.1 Å². The zero-order chi connectivity index (χ0) is 22.0. The Labute approximate surface area is 189 Å². The van der Waals surface area contributed by atoms with Crippen LogP contribution in [0.5, 0.6) is 0 Å². The third kappa shape index (κ3) is 6.42. The lowest BCUT2D eigenvalue weighted by Crippen LogP contribution is -2.52. The van der Waals surface area contributed by atoms with E-state index in [1.807, 2.05) is 31.3 Å². The molecule has 0 aliphatic carbocycles. The Hall–Kier alpha value is -3.16. The molecule has 2 aromatic carbocycles. The number of nitrogens with zero attached hydrogens (tertiary/aromatic N) is 4. The van der Waals surface area contributed by atoms with Gasteiger partial charge in [0.2, 0.25) is 0 Å². The minimum Gasteiger partial charge on any atom is -0.372 e. The van der Waals surface area contributed by atoms with Crippen molar-refractivity contribution in [2.75, 3.05) is 33.2 Å². The third-order valence-corrected chi connectivity index (χ3v) is 5.61. The van der Waals surface area contributed by atoms with Gasteiger partial charge in [-0.25, -0.2) is 0 Å². The minimum atomic E-state index is 0.614. The molecule has 7 heteroatoms. The first kappa shape index (κ1) is 22.0. The van der Waals surface area contributed by atoms with Gasteiger partial charge >= 0.3 is 0 Å². The molecular weight excluding hydrogens is 402 g/mol. The monoisotopic (exact) mass is 433 g/mol. The maximum absolute atomic E-state index is 5.83. The number of rotatable bonds is 8. The fraction of sp³-hybridized carbons (Fsp3) is 0.360. The van der Waals surface area contributed by atoms with Crippen LogP contribution in [0.15, 0.2) is 76.4 Å². The number of guanidine groups is 1. The van der Waals surface area contributed by atoms with Crippen LogP contribution in [0.2, 0.25) is 0 Å². The van der Waals surface area contributed by atoms with Crippen molar-refractivity contribution in [2.45, 2.75) is 26.3 Å². The highest BCUT2D eigenvalue weighted by Crippen LogP contribution is 2.10. The van der Waals surface area contributed by atoms with E-state index in [2.05, 4.69) is 61.7 Å². The molecule has 1 N–H and O–H groups in total. The molecule has 0 bridgehead atoms. The second-order valence-corrected chi connectivity index (χ2v) is 7.95. The fourth-order valence-electron chi connectivity index (χ4n) is 3.79. The maximum Gasteiger partial charge on any atom is 0.194 e. The SMILES string of the molecule is CN=C(NCc1ccc(COCc2ccccc2)cc1)N1CCN(Cc2ccon2)CC1. The van der Waals surface area contributed by atoms with Gasteiger partial charge < -0.3 is 19.5 Å². The molecule has 168 valence electrons. The van der Waals surface area contributed by atoms with Gasteiger partial charge in [-0.05, 0) is 16.7 Å². The molecule has 1 aromatic heterocycles. The van der Waals surface area contributed by atoms with E-state index in [4.69, 9.17) is 9.26 Å². The molecule has 0 atom stereocenters. The Morgan fingerprint density at radius 3 is 2.28 bits per heavy atom. The van der Waals surface area contributed by atoms with Gasteiger partial charge in [0.25, 0.3) is 0 Å². The number of aliphatic imine (C=N–C) groups is 1. The number of benzene rings is 2. The zero-order valence-corrected chi connectivity index (χ0v) is 18.6. The number of nitrogens with one attached hydrogen (secondary N) is 1. The van der Waals surface area contributed by atoms with Crippen molar-refractivity contribution in [3.63, 3.8) is 0 Å². The summed E-state index contributed by atoms with van der Waals surface area (Å²) in [5.41, 5.74) is 4.58. The van der Waals surface area contributed by atoms with Crippen molar-refractivity contribution >= 4 is 5.96 Å². The quantitative estimate of drug-likeness (QED) is 0.434. The second kappa shape index (κ2) is 11.5. The zero-order valence-electron chi connectivity index (χ0n) is 18.6. The second-order valence-electron chi connectivity index (χ2n) is 7.95. The van der Waals surface area contributed by atoms with E-state index in [1.165, 1.54) is 16.7 Å². The van der Waals surface area contributed by atoms with Crippen molar-refractivity contribution in [3.05, 3.63) is 89.3 Å². The number of piperazine rings is 1. The molecule has 0 spiro atoms. The van der Waals surface area contributed by atoms with Gasteiger partial charge in [-0.3, -0.25) is 9.89 Å². The van der Waals surface area contributed by atoms with Gasteiger partial charge in [0, 0.05) is 52.4 Å². The number of hydrogen-bond acceptors (Lipinski definition) is 5. The van der Waals surface area contributed by atoms with Crippen LogP contribution in [0.1, 0.15) is 22.4 Å². The van der Waals surface area contributed by atoms with Crippen LogP contribution in [0, 0.1) is 0 Å². The van der Waals surface area contributed by atoms with E-state index in [9.17, 15) is 0 Å². The van der Waals surface area contributed by atoms with Crippen molar-refractivity contribution in [3.8, 4) is 0 Å². The summed E-state index contributed by atoms with van der Waals surface area (Å²) in [5, 5.41) is 7.50. The molecule has 0 amide bonds. The highest BCUT2D eigenvalue weighted by Gasteiger charge is 2.20. The van der Waals surface area contributed by atoms with E-state index in [0.717, 1.165) is 50.9 Å². The van der Waals surface area contributed by atoms with E-state index < -0.39 is 0 Å². The first-order valence-electron chi connectivity index (χ1n) is 11.1. The summed E-state index contributed by atoms with van der Waals surface area (Å²) in [6.45, 7) is 6.66. The lowest BCUT2D eigenvalue weighted by Gasteiger charge is -2.36. The number of ether oxygens (including phenoxy) is 1. The molecular formula is C25H31N5O2. The van der Waals surface area contributed by atoms with Crippen LogP contribution in [0.4, 0.5) is 0 Å². The lowest BCUT2D eigenvalue weighted by atomic mass is 10.1. The van der Waals surface area contributed by atoms with Crippen molar-refractivity contribution in [1.82, 2.24) is 20.3 Å².